The van der Waals surface area contributed by atoms with Crippen LogP contribution in [0.2, 0.25) is 5.02 Å². The van der Waals surface area contributed by atoms with Gasteiger partial charge in [0.05, 0.1) is 6.42 Å². The molecule has 94 valence electrons. The lowest BCUT2D eigenvalue weighted by Gasteiger charge is -2.06. The number of hydrogen-bond donors (Lipinski definition) is 1. The maximum absolute atomic E-state index is 11.9. The number of halogens is 1. The van der Waals surface area contributed by atoms with Crippen molar-refractivity contribution in [3.63, 3.8) is 0 Å². The third kappa shape index (κ3) is 3.61. The summed E-state index contributed by atoms with van der Waals surface area (Å²) in [5, 5.41) is 3.39. The van der Waals surface area contributed by atoms with Crippen LogP contribution in [0.4, 0.5) is 5.69 Å². The van der Waals surface area contributed by atoms with Crippen molar-refractivity contribution in [2.75, 3.05) is 5.32 Å². The quantitative estimate of drug-likeness (QED) is 0.849. The molecule has 1 amide bonds. The van der Waals surface area contributed by atoms with E-state index in [2.05, 4.69) is 11.2 Å². The van der Waals surface area contributed by atoms with E-state index in [0.29, 0.717) is 10.7 Å². The fourth-order valence-electron chi connectivity index (χ4n) is 1.71. The van der Waals surface area contributed by atoms with Crippen molar-refractivity contribution >= 4 is 23.2 Å². The van der Waals surface area contributed by atoms with E-state index in [4.69, 9.17) is 18.0 Å². The monoisotopic (exact) mass is 269 g/mol. The summed E-state index contributed by atoms with van der Waals surface area (Å²) < 4.78 is 0. The molecule has 2 aromatic rings. The number of terminal acetylenes is 1. The first kappa shape index (κ1) is 13.2. The highest BCUT2D eigenvalue weighted by Gasteiger charge is 2.07. The second-order valence-electron chi connectivity index (χ2n) is 4.04. The third-order valence-corrected chi connectivity index (χ3v) is 2.99. The van der Waals surface area contributed by atoms with Crippen LogP contribution in [0.25, 0.3) is 0 Å². The highest BCUT2D eigenvalue weighted by molar-refractivity contribution is 6.31. The van der Waals surface area contributed by atoms with E-state index >= 15 is 0 Å². The van der Waals surface area contributed by atoms with E-state index in [1.165, 1.54) is 0 Å². The van der Waals surface area contributed by atoms with E-state index in [1.54, 1.807) is 24.3 Å². The summed E-state index contributed by atoms with van der Waals surface area (Å²) in [5.74, 6) is 2.40. The number of rotatable bonds is 3. The molecule has 2 rings (SSSR count). The van der Waals surface area contributed by atoms with Crippen LogP contribution >= 0.6 is 11.6 Å². The van der Waals surface area contributed by atoms with Gasteiger partial charge in [-0.3, -0.25) is 4.79 Å². The van der Waals surface area contributed by atoms with E-state index < -0.39 is 0 Å². The van der Waals surface area contributed by atoms with Gasteiger partial charge in [-0.25, -0.2) is 0 Å². The number of carbonyl (C=O) groups is 1. The maximum atomic E-state index is 11.9. The molecule has 2 nitrogen and oxygen atoms in total. The average molecular weight is 270 g/mol. The number of carbonyl (C=O) groups excluding carboxylic acids is 1. The predicted molar refractivity (Wildman–Crippen MR) is 78.2 cm³/mol. The smallest absolute Gasteiger partial charge is 0.228 e. The molecule has 0 saturated heterocycles. The molecule has 3 heteroatoms. The molecule has 0 saturated carbocycles. The van der Waals surface area contributed by atoms with Crippen molar-refractivity contribution < 1.29 is 4.79 Å². The minimum absolute atomic E-state index is 0.123. The Morgan fingerprint density at radius 3 is 2.74 bits per heavy atom. The molecule has 0 aliphatic rings. The standard InChI is InChI=1S/C16H12ClNO/c1-2-12-6-5-8-14(10-12)18-16(19)11-13-7-3-4-9-15(13)17/h1,3-10H,11H2,(H,18,19). The summed E-state index contributed by atoms with van der Waals surface area (Å²) in [6.45, 7) is 0. The van der Waals surface area contributed by atoms with Crippen molar-refractivity contribution in [2.45, 2.75) is 6.42 Å². The minimum Gasteiger partial charge on any atom is -0.326 e. The molecular weight excluding hydrogens is 258 g/mol. The maximum Gasteiger partial charge on any atom is 0.228 e. The van der Waals surface area contributed by atoms with Gasteiger partial charge >= 0.3 is 0 Å². The summed E-state index contributed by atoms with van der Waals surface area (Å²) in [6.07, 6.45) is 5.55. The van der Waals surface area contributed by atoms with Gasteiger partial charge in [-0.2, -0.15) is 0 Å². The molecule has 0 radical (unpaired) electrons. The van der Waals surface area contributed by atoms with Gasteiger partial charge in [-0.15, -0.1) is 6.42 Å². The van der Waals surface area contributed by atoms with Gasteiger partial charge in [0, 0.05) is 16.3 Å². The number of anilines is 1. The third-order valence-electron chi connectivity index (χ3n) is 2.62. The van der Waals surface area contributed by atoms with Crippen LogP contribution in [-0.4, -0.2) is 5.91 Å². The van der Waals surface area contributed by atoms with Crippen molar-refractivity contribution in [2.24, 2.45) is 0 Å². The Balaban J connectivity index is 2.06. The van der Waals surface area contributed by atoms with Crippen LogP contribution in [0.15, 0.2) is 48.5 Å². The Bertz CT molecular complexity index is 643. The lowest BCUT2D eigenvalue weighted by atomic mass is 10.1. The first-order chi connectivity index (χ1) is 9.19. The molecule has 0 unspecified atom stereocenters. The molecule has 0 aromatic heterocycles. The van der Waals surface area contributed by atoms with E-state index in [-0.39, 0.29) is 12.3 Å². The van der Waals surface area contributed by atoms with Crippen molar-refractivity contribution in [3.05, 3.63) is 64.7 Å². The average Bonchev–Trinajstić information content (AvgIpc) is 2.41. The minimum atomic E-state index is -0.123. The van der Waals surface area contributed by atoms with Crippen LogP contribution < -0.4 is 5.32 Å². The summed E-state index contributed by atoms with van der Waals surface area (Å²) in [4.78, 5) is 11.9. The first-order valence-electron chi connectivity index (χ1n) is 5.79. The molecule has 0 aliphatic heterocycles. The van der Waals surface area contributed by atoms with Crippen molar-refractivity contribution in [1.29, 1.82) is 0 Å². The summed E-state index contributed by atoms with van der Waals surface area (Å²) >= 11 is 6.01. The molecule has 0 bridgehead atoms. The zero-order chi connectivity index (χ0) is 13.7. The summed E-state index contributed by atoms with van der Waals surface area (Å²) in [6, 6.07) is 14.5. The number of hydrogen-bond acceptors (Lipinski definition) is 1. The fourth-order valence-corrected chi connectivity index (χ4v) is 1.91. The summed E-state index contributed by atoms with van der Waals surface area (Å²) in [5.41, 5.74) is 2.22. The molecule has 0 spiro atoms. The van der Waals surface area contributed by atoms with Gasteiger partial charge < -0.3 is 5.32 Å². The van der Waals surface area contributed by atoms with Gasteiger partial charge in [0.15, 0.2) is 0 Å². The lowest BCUT2D eigenvalue weighted by molar-refractivity contribution is -0.115. The molecule has 19 heavy (non-hydrogen) atoms. The van der Waals surface area contributed by atoms with Crippen molar-refractivity contribution in [1.82, 2.24) is 0 Å². The topological polar surface area (TPSA) is 29.1 Å². The molecular formula is C16H12ClNO. The Hall–Kier alpha value is -2.24. The zero-order valence-corrected chi connectivity index (χ0v) is 10.9. The largest absolute Gasteiger partial charge is 0.326 e. The van der Waals surface area contributed by atoms with E-state index in [9.17, 15) is 4.79 Å². The Labute approximate surface area is 117 Å². The van der Waals surface area contributed by atoms with Crippen LogP contribution in [0.3, 0.4) is 0 Å². The van der Waals surface area contributed by atoms with Crippen LogP contribution in [0, 0.1) is 12.3 Å². The molecule has 1 N–H and O–H groups in total. The highest BCUT2D eigenvalue weighted by Crippen LogP contribution is 2.16. The molecule has 0 aliphatic carbocycles. The van der Waals surface area contributed by atoms with Gasteiger partial charge in [-0.1, -0.05) is 41.8 Å². The second kappa shape index (κ2) is 6.08. The lowest BCUT2D eigenvalue weighted by Crippen LogP contribution is -2.14. The van der Waals surface area contributed by atoms with E-state index in [1.807, 2.05) is 24.3 Å². The summed E-state index contributed by atoms with van der Waals surface area (Å²) in [7, 11) is 0. The Kier molecular flexibility index (Phi) is 4.22. The van der Waals surface area contributed by atoms with Crippen LogP contribution in [0.1, 0.15) is 11.1 Å². The Morgan fingerprint density at radius 1 is 1.21 bits per heavy atom. The highest BCUT2D eigenvalue weighted by atomic mass is 35.5. The molecule has 0 atom stereocenters. The van der Waals surface area contributed by atoms with Crippen LogP contribution in [0.5, 0.6) is 0 Å². The normalized spacial score (nSPS) is 9.68. The van der Waals surface area contributed by atoms with Gasteiger partial charge in [0.25, 0.3) is 0 Å². The molecule has 2 aromatic carbocycles. The molecule has 0 fully saturated rings. The zero-order valence-electron chi connectivity index (χ0n) is 10.2. The van der Waals surface area contributed by atoms with Gasteiger partial charge in [0.1, 0.15) is 0 Å². The number of nitrogens with one attached hydrogen (secondary N) is 1. The van der Waals surface area contributed by atoms with Crippen molar-refractivity contribution in [3.8, 4) is 12.3 Å². The fraction of sp³-hybridized carbons (Fsp3) is 0.0625. The predicted octanol–water partition coefficient (Wildman–Crippen LogP) is 3.50. The Morgan fingerprint density at radius 2 is 2.00 bits per heavy atom. The first-order valence-corrected chi connectivity index (χ1v) is 6.17. The SMILES string of the molecule is C#Cc1cccc(NC(=O)Cc2ccccc2Cl)c1. The number of benzene rings is 2. The van der Waals surface area contributed by atoms with Crippen LogP contribution in [-0.2, 0) is 11.2 Å². The number of amides is 1. The van der Waals surface area contributed by atoms with Gasteiger partial charge in [0.2, 0.25) is 5.91 Å². The van der Waals surface area contributed by atoms with E-state index in [0.717, 1.165) is 11.1 Å². The van der Waals surface area contributed by atoms with Gasteiger partial charge in [-0.05, 0) is 29.8 Å². The molecule has 0 heterocycles. The second-order valence-corrected chi connectivity index (χ2v) is 4.45.